The Morgan fingerprint density at radius 1 is 0.344 bits per heavy atom. The third-order valence-electron chi connectivity index (χ3n) is 19.6. The summed E-state index contributed by atoms with van der Waals surface area (Å²) in [4.78, 5) is 4.96. The molecule has 0 amide bonds. The SMILES string of the molecule is CC(C)(C)c1ccc(N(c2ccc(-c3cccc4ccccc34)cc2)c2cc3c(c4oc5ccccc5c24)-c2c(cc(N(c4ccc(-c5cccc6ccccc56)cc4)c4ccc([Si](C)(C)C)cc4)c4c2oc2ccccc24)C3(c2ccccc2)c2ccccc2)cc1. The maximum absolute atomic E-state index is 7.64. The average Bonchev–Trinajstić information content (AvgIpc) is 1.51. The van der Waals surface area contributed by atoms with Gasteiger partial charge in [-0.3, -0.25) is 0 Å². The quantitative estimate of drug-likeness (QED) is 0.121. The molecule has 0 unspecified atom stereocenters. The van der Waals surface area contributed by atoms with Gasteiger partial charge in [-0.05, 0) is 150 Å². The van der Waals surface area contributed by atoms with E-state index in [4.69, 9.17) is 8.83 Å². The van der Waals surface area contributed by atoms with Crippen LogP contribution in [0.1, 0.15) is 48.6 Å². The van der Waals surface area contributed by atoms with Gasteiger partial charge in [-0.25, -0.2) is 0 Å². The maximum atomic E-state index is 7.64. The van der Waals surface area contributed by atoms with Gasteiger partial charge in [0.2, 0.25) is 0 Å². The highest BCUT2D eigenvalue weighted by Crippen LogP contribution is 2.64. The Bertz CT molecular complexity index is 5200. The molecule has 0 saturated carbocycles. The third-order valence-corrected chi connectivity index (χ3v) is 21.7. The smallest absolute Gasteiger partial charge is 0.145 e. The summed E-state index contributed by atoms with van der Waals surface area (Å²) in [5, 5.41) is 10.4. The lowest BCUT2D eigenvalue weighted by Crippen LogP contribution is -2.37. The molecule has 0 bridgehead atoms. The van der Waals surface area contributed by atoms with Crippen molar-refractivity contribution in [2.45, 2.75) is 51.2 Å². The Labute approximate surface area is 543 Å². The van der Waals surface area contributed by atoms with E-state index in [1.54, 1.807) is 0 Å². The summed E-state index contributed by atoms with van der Waals surface area (Å²) in [6.45, 7) is 14.1. The predicted octanol–water partition coefficient (Wildman–Crippen LogP) is 24.3. The van der Waals surface area contributed by atoms with Gasteiger partial charge in [0.1, 0.15) is 22.3 Å². The monoisotopic (exact) mass is 1210 g/mol. The van der Waals surface area contributed by atoms with Crippen molar-refractivity contribution in [1.29, 1.82) is 0 Å². The summed E-state index contributed by atoms with van der Waals surface area (Å²) in [6, 6.07) is 112. The van der Waals surface area contributed by atoms with E-state index in [0.29, 0.717) is 0 Å². The summed E-state index contributed by atoms with van der Waals surface area (Å²) < 4.78 is 15.3. The zero-order valence-electron chi connectivity index (χ0n) is 53.1. The number of benzene rings is 14. The number of rotatable bonds is 11. The van der Waals surface area contributed by atoms with Crippen molar-refractivity contribution in [1.82, 2.24) is 0 Å². The second kappa shape index (κ2) is 21.6. The number of para-hydroxylation sites is 2. The minimum atomic E-state index is -1.70. The van der Waals surface area contributed by atoms with Crippen LogP contribution in [-0.2, 0) is 10.8 Å². The van der Waals surface area contributed by atoms with E-state index in [-0.39, 0.29) is 5.41 Å². The normalized spacial score (nSPS) is 12.9. The zero-order valence-corrected chi connectivity index (χ0v) is 54.1. The first-order valence-electron chi connectivity index (χ1n) is 32.5. The lowest BCUT2D eigenvalue weighted by Gasteiger charge is -2.36. The first kappa shape index (κ1) is 56.0. The number of hydrogen-bond acceptors (Lipinski definition) is 4. The zero-order chi connectivity index (χ0) is 62.7. The van der Waals surface area contributed by atoms with Crippen LogP contribution in [-0.4, -0.2) is 8.07 Å². The lowest BCUT2D eigenvalue weighted by atomic mass is 9.67. The Morgan fingerprint density at radius 3 is 1.11 bits per heavy atom. The summed E-state index contributed by atoms with van der Waals surface area (Å²) >= 11 is 0. The molecule has 0 radical (unpaired) electrons. The van der Waals surface area contributed by atoms with Gasteiger partial charge in [-0.1, -0.05) is 276 Å². The fourth-order valence-electron chi connectivity index (χ4n) is 15.1. The van der Waals surface area contributed by atoms with Crippen LogP contribution in [0.2, 0.25) is 19.6 Å². The topological polar surface area (TPSA) is 32.8 Å². The highest BCUT2D eigenvalue weighted by Gasteiger charge is 2.51. The van der Waals surface area contributed by atoms with Gasteiger partial charge < -0.3 is 18.6 Å². The van der Waals surface area contributed by atoms with Crippen LogP contribution >= 0.6 is 0 Å². The van der Waals surface area contributed by atoms with Gasteiger partial charge in [-0.15, -0.1) is 0 Å². The minimum absolute atomic E-state index is 0.0589. The number of hydrogen-bond donors (Lipinski definition) is 0. The Hall–Kier alpha value is -11.0. The van der Waals surface area contributed by atoms with E-state index >= 15 is 0 Å². The molecule has 0 saturated heterocycles. The molecule has 0 N–H and O–H groups in total. The van der Waals surface area contributed by atoms with Crippen LogP contribution in [0.15, 0.2) is 312 Å². The highest BCUT2D eigenvalue weighted by atomic mass is 28.3. The predicted molar refractivity (Wildman–Crippen MR) is 395 cm³/mol. The molecule has 14 aromatic carbocycles. The van der Waals surface area contributed by atoms with Crippen molar-refractivity contribution in [2.24, 2.45) is 0 Å². The molecule has 16 aromatic rings. The van der Waals surface area contributed by atoms with Crippen LogP contribution in [0.3, 0.4) is 0 Å². The lowest BCUT2D eigenvalue weighted by molar-refractivity contribution is 0.590. The molecule has 446 valence electrons. The van der Waals surface area contributed by atoms with Crippen LogP contribution in [0, 0.1) is 0 Å². The van der Waals surface area contributed by atoms with Crippen molar-refractivity contribution in [3.8, 4) is 33.4 Å². The third kappa shape index (κ3) is 9.00. The average molecular weight is 1210 g/mol. The molecule has 0 spiro atoms. The van der Waals surface area contributed by atoms with Gasteiger partial charge in [0.25, 0.3) is 0 Å². The molecule has 1 aliphatic carbocycles. The molecule has 0 atom stereocenters. The van der Waals surface area contributed by atoms with E-state index < -0.39 is 13.5 Å². The van der Waals surface area contributed by atoms with Crippen LogP contribution < -0.4 is 15.0 Å². The van der Waals surface area contributed by atoms with Gasteiger partial charge in [-0.2, -0.15) is 0 Å². The van der Waals surface area contributed by atoms with Crippen molar-refractivity contribution in [2.75, 3.05) is 9.80 Å². The molecular formula is C88H68N2O2Si. The molecule has 1 aliphatic rings. The molecule has 93 heavy (non-hydrogen) atoms. The molecule has 0 aliphatic heterocycles. The molecule has 2 aromatic heterocycles. The number of furan rings is 2. The van der Waals surface area contributed by atoms with Crippen molar-refractivity contribution >= 4 is 113 Å². The summed E-state index contributed by atoms with van der Waals surface area (Å²) in [5.74, 6) is 0. The minimum Gasteiger partial charge on any atom is -0.455 e. The maximum Gasteiger partial charge on any atom is 0.145 e. The number of anilines is 6. The highest BCUT2D eigenvalue weighted by molar-refractivity contribution is 6.88. The second-order valence-electron chi connectivity index (χ2n) is 27.1. The van der Waals surface area contributed by atoms with Gasteiger partial charge >= 0.3 is 0 Å². The van der Waals surface area contributed by atoms with E-state index in [2.05, 4.69) is 354 Å². The fourth-order valence-corrected chi connectivity index (χ4v) is 16.3. The van der Waals surface area contributed by atoms with Gasteiger partial charge in [0.05, 0.1) is 35.6 Å². The Kier molecular flexibility index (Phi) is 13.0. The van der Waals surface area contributed by atoms with Gasteiger partial charge in [0.15, 0.2) is 0 Å². The molecule has 4 nitrogen and oxygen atoms in total. The van der Waals surface area contributed by atoms with Crippen molar-refractivity contribution in [3.63, 3.8) is 0 Å². The summed E-state index contributed by atoms with van der Waals surface area (Å²) in [5.41, 5.74) is 20.9. The van der Waals surface area contributed by atoms with Gasteiger partial charge in [0, 0.05) is 44.6 Å². The van der Waals surface area contributed by atoms with Crippen molar-refractivity contribution in [3.05, 3.63) is 331 Å². The second-order valence-corrected chi connectivity index (χ2v) is 32.2. The van der Waals surface area contributed by atoms with E-state index in [9.17, 15) is 0 Å². The van der Waals surface area contributed by atoms with Crippen LogP contribution in [0.25, 0.3) is 98.8 Å². The van der Waals surface area contributed by atoms with E-state index in [0.717, 1.165) is 123 Å². The first-order valence-corrected chi connectivity index (χ1v) is 36.0. The molecule has 0 fully saturated rings. The first-order chi connectivity index (χ1) is 45.4. The molecule has 2 heterocycles. The fraction of sp³-hybridized carbons (Fsp3) is 0.0909. The van der Waals surface area contributed by atoms with E-state index in [1.165, 1.54) is 43.4 Å². The Morgan fingerprint density at radius 2 is 0.699 bits per heavy atom. The summed E-state index contributed by atoms with van der Waals surface area (Å²) in [6.07, 6.45) is 0. The van der Waals surface area contributed by atoms with Crippen LogP contribution in [0.5, 0.6) is 0 Å². The number of fused-ring (bicyclic) bond motifs is 13. The largest absolute Gasteiger partial charge is 0.455 e. The van der Waals surface area contributed by atoms with Crippen molar-refractivity contribution < 1.29 is 8.83 Å². The summed E-state index contributed by atoms with van der Waals surface area (Å²) in [7, 11) is -1.70. The molecule has 17 rings (SSSR count). The van der Waals surface area contributed by atoms with Crippen LogP contribution in [0.4, 0.5) is 34.1 Å². The standard InChI is InChI=1S/C88H68N2O2Si/c1-87(2,3)61-43-49-66(50-44-61)89(64-45-39-59(40-46-64)71-35-21-25-57-23-13-15-31-69(57)71)77-55-75-83(85-81(77)73-33-17-19-37-79(73)91-85)84-76(88(75,62-27-9-7-10-28-62)63-29-11-8-12-30-63)56-78(82-74-34-18-20-38-80(74)92-86(82)84)90(67-51-53-68(54-52-67)93(4,5)6)65-47-41-60(42-48-65)72-36-22-26-58-24-14-16-32-70(58)72/h7-56H,1-6H3. The Balaban J connectivity index is 0.989. The van der Waals surface area contributed by atoms with E-state index in [1.807, 2.05) is 0 Å². The molecular weight excluding hydrogens is 1150 g/mol. The number of nitrogens with zero attached hydrogens (tertiary/aromatic N) is 2. The molecule has 5 heteroatoms.